The van der Waals surface area contributed by atoms with Crippen molar-refractivity contribution in [2.45, 2.75) is 89.5 Å². The van der Waals surface area contributed by atoms with E-state index in [1.165, 1.54) is 6.42 Å². The zero-order valence-electron chi connectivity index (χ0n) is 18.3. The first-order valence-corrected chi connectivity index (χ1v) is 11.7. The Hall–Kier alpha value is -1.27. The van der Waals surface area contributed by atoms with E-state index in [4.69, 9.17) is 19.2 Å². The second-order valence-electron chi connectivity index (χ2n) is 10.1. The molecule has 4 heterocycles. The van der Waals surface area contributed by atoms with E-state index in [-0.39, 0.29) is 18.2 Å². The number of ketones is 1. The van der Waals surface area contributed by atoms with Gasteiger partial charge in [0.1, 0.15) is 0 Å². The topological polar surface area (TPSA) is 54.0 Å². The van der Waals surface area contributed by atoms with Crippen molar-refractivity contribution in [3.63, 3.8) is 0 Å². The first-order valence-electron chi connectivity index (χ1n) is 11.7. The first-order chi connectivity index (χ1) is 14.4. The molecule has 1 aromatic rings. The van der Waals surface area contributed by atoms with Gasteiger partial charge in [-0.2, -0.15) is 0 Å². The van der Waals surface area contributed by atoms with Crippen molar-refractivity contribution < 1.29 is 24.0 Å². The van der Waals surface area contributed by atoms with Crippen molar-refractivity contribution >= 4 is 5.78 Å². The molecule has 1 aromatic carbocycles. The van der Waals surface area contributed by atoms with Gasteiger partial charge in [0.25, 0.3) is 0 Å². The maximum atomic E-state index is 12.5. The lowest BCUT2D eigenvalue weighted by molar-refractivity contribution is -0.571. The van der Waals surface area contributed by atoms with Gasteiger partial charge in [0.05, 0.1) is 6.10 Å². The van der Waals surface area contributed by atoms with Crippen LogP contribution in [0.3, 0.4) is 0 Å². The van der Waals surface area contributed by atoms with Crippen molar-refractivity contribution in [1.82, 2.24) is 0 Å². The molecule has 4 aliphatic heterocycles. The highest BCUT2D eigenvalue weighted by Gasteiger charge is 2.69. The molecule has 30 heavy (non-hydrogen) atoms. The Morgan fingerprint density at radius 3 is 2.67 bits per heavy atom. The summed E-state index contributed by atoms with van der Waals surface area (Å²) in [6.45, 7) is 6.59. The summed E-state index contributed by atoms with van der Waals surface area (Å²) in [5.41, 5.74) is 0.296. The maximum Gasteiger partial charge on any atom is 0.201 e. The molecule has 1 unspecified atom stereocenters. The van der Waals surface area contributed by atoms with Gasteiger partial charge >= 0.3 is 0 Å². The summed E-state index contributed by atoms with van der Waals surface area (Å²) in [5, 5.41) is 0. The Kier molecular flexibility index (Phi) is 5.29. The molecule has 4 saturated heterocycles. The molecule has 5 heteroatoms. The predicted octanol–water partition coefficient (Wildman–Crippen LogP) is 5.29. The molecule has 1 aliphatic carbocycles. The Labute approximate surface area is 179 Å². The average molecular weight is 415 g/mol. The van der Waals surface area contributed by atoms with Crippen LogP contribution in [-0.2, 0) is 19.2 Å². The SMILES string of the molecule is C[C@H]1[C@@H](CCCC(=O)c2ccccc2)O[C@@H]2OC3(C)CC[C@H]4[C@H](C)CC[C@@H]1[C@@]24OO3. The highest BCUT2D eigenvalue weighted by Crippen LogP contribution is 2.60. The summed E-state index contributed by atoms with van der Waals surface area (Å²) < 4.78 is 13.0. The van der Waals surface area contributed by atoms with Crippen LogP contribution in [0.4, 0.5) is 0 Å². The van der Waals surface area contributed by atoms with Gasteiger partial charge in [0.15, 0.2) is 17.7 Å². The van der Waals surface area contributed by atoms with E-state index in [9.17, 15) is 4.79 Å². The van der Waals surface area contributed by atoms with E-state index in [1.54, 1.807) is 0 Å². The lowest BCUT2D eigenvalue weighted by Crippen LogP contribution is -2.70. The number of benzene rings is 1. The van der Waals surface area contributed by atoms with Gasteiger partial charge in [-0.15, -0.1) is 0 Å². The number of carbonyl (C=O) groups excluding carboxylic acids is 1. The second-order valence-corrected chi connectivity index (χ2v) is 10.1. The summed E-state index contributed by atoms with van der Waals surface area (Å²) in [7, 11) is 0. The minimum atomic E-state index is -0.730. The fourth-order valence-corrected chi connectivity index (χ4v) is 6.54. The number of hydrogen-bond donors (Lipinski definition) is 0. The first kappa shape index (κ1) is 20.6. The predicted molar refractivity (Wildman–Crippen MR) is 111 cm³/mol. The van der Waals surface area contributed by atoms with Crippen LogP contribution in [0.25, 0.3) is 0 Å². The molecular weight excluding hydrogens is 380 g/mol. The van der Waals surface area contributed by atoms with Crippen LogP contribution in [0.15, 0.2) is 30.3 Å². The zero-order chi connectivity index (χ0) is 20.9. The summed E-state index contributed by atoms with van der Waals surface area (Å²) >= 11 is 0. The van der Waals surface area contributed by atoms with Crippen LogP contribution in [0.1, 0.15) is 76.1 Å². The van der Waals surface area contributed by atoms with Crippen LogP contribution < -0.4 is 0 Å². The minimum absolute atomic E-state index is 0.0785. The highest BCUT2D eigenvalue weighted by molar-refractivity contribution is 5.95. The molecule has 5 nitrogen and oxygen atoms in total. The standard InChI is InChI=1S/C25H34O5/c1-16-12-13-20-17(2)22(11-7-10-21(26)18-8-5-4-6-9-18)27-23-25(20)19(16)14-15-24(3,28-23)29-30-25/h4-6,8-9,16-17,19-20,22-23H,7,10-15H2,1-3H3/t16-,17-,19+,20+,22-,23-,24?,25-/m1/s1. The van der Waals surface area contributed by atoms with E-state index in [1.807, 2.05) is 37.3 Å². The molecule has 1 saturated carbocycles. The second kappa shape index (κ2) is 7.70. The smallest absolute Gasteiger partial charge is 0.201 e. The minimum Gasteiger partial charge on any atom is -0.346 e. The number of carbonyl (C=O) groups is 1. The quantitative estimate of drug-likeness (QED) is 0.484. The van der Waals surface area contributed by atoms with Crippen LogP contribution in [-0.4, -0.2) is 29.6 Å². The van der Waals surface area contributed by atoms with Gasteiger partial charge in [-0.3, -0.25) is 4.79 Å². The molecule has 5 fully saturated rings. The van der Waals surface area contributed by atoms with Crippen LogP contribution in [0, 0.1) is 23.7 Å². The lowest BCUT2D eigenvalue weighted by atomic mass is 9.57. The van der Waals surface area contributed by atoms with Gasteiger partial charge in [0.2, 0.25) is 5.79 Å². The zero-order valence-corrected chi connectivity index (χ0v) is 18.3. The molecule has 164 valence electrons. The van der Waals surface area contributed by atoms with Gasteiger partial charge in [-0.1, -0.05) is 44.2 Å². The van der Waals surface area contributed by atoms with Crippen molar-refractivity contribution in [3.8, 4) is 0 Å². The molecule has 2 bridgehead atoms. The summed E-state index contributed by atoms with van der Waals surface area (Å²) in [5.74, 6) is 1.15. The number of ether oxygens (including phenoxy) is 2. The van der Waals surface area contributed by atoms with E-state index < -0.39 is 11.4 Å². The number of Topliss-reactive ketones (excluding diaryl/α,β-unsaturated/α-hetero) is 1. The fourth-order valence-electron chi connectivity index (χ4n) is 6.54. The van der Waals surface area contributed by atoms with Crippen LogP contribution in [0.5, 0.6) is 0 Å². The third-order valence-corrected chi connectivity index (χ3v) is 8.28. The molecule has 0 radical (unpaired) electrons. The van der Waals surface area contributed by atoms with Crippen molar-refractivity contribution in [3.05, 3.63) is 35.9 Å². The third kappa shape index (κ3) is 3.26. The number of rotatable bonds is 5. The van der Waals surface area contributed by atoms with Crippen molar-refractivity contribution in [1.29, 1.82) is 0 Å². The molecule has 5 aliphatic rings. The molecule has 1 spiro atoms. The van der Waals surface area contributed by atoms with Crippen LogP contribution >= 0.6 is 0 Å². The highest BCUT2D eigenvalue weighted by atomic mass is 17.3. The monoisotopic (exact) mass is 414 g/mol. The Balaban J connectivity index is 1.31. The molecular formula is C25H34O5. The van der Waals surface area contributed by atoms with Crippen molar-refractivity contribution in [2.24, 2.45) is 23.7 Å². The normalized spacial score (nSPS) is 44.9. The summed E-state index contributed by atoms with van der Waals surface area (Å²) in [6, 6.07) is 9.56. The number of hydrogen-bond acceptors (Lipinski definition) is 5. The average Bonchev–Trinajstić information content (AvgIpc) is 2.98. The number of fused-ring (bicyclic) bond motifs is 2. The Bertz CT molecular complexity index is 781. The lowest BCUT2D eigenvalue weighted by Gasteiger charge is -2.60. The van der Waals surface area contributed by atoms with Gasteiger partial charge in [-0.05, 0) is 56.8 Å². The van der Waals surface area contributed by atoms with E-state index >= 15 is 0 Å². The molecule has 0 N–H and O–H groups in total. The molecule has 6 rings (SSSR count). The maximum absolute atomic E-state index is 12.5. The molecule has 0 amide bonds. The van der Waals surface area contributed by atoms with Gasteiger partial charge in [0, 0.05) is 24.3 Å². The van der Waals surface area contributed by atoms with Gasteiger partial charge in [-0.25, -0.2) is 9.78 Å². The van der Waals surface area contributed by atoms with E-state index in [2.05, 4.69) is 13.8 Å². The van der Waals surface area contributed by atoms with E-state index in [0.29, 0.717) is 30.1 Å². The van der Waals surface area contributed by atoms with E-state index in [0.717, 1.165) is 37.7 Å². The Morgan fingerprint density at radius 1 is 1.07 bits per heavy atom. The Morgan fingerprint density at radius 2 is 1.87 bits per heavy atom. The largest absolute Gasteiger partial charge is 0.346 e. The summed E-state index contributed by atoms with van der Waals surface area (Å²) in [4.78, 5) is 24.6. The van der Waals surface area contributed by atoms with Crippen LogP contribution in [0.2, 0.25) is 0 Å². The molecule has 8 atom stereocenters. The summed E-state index contributed by atoms with van der Waals surface area (Å²) in [6.07, 6.45) is 6.15. The van der Waals surface area contributed by atoms with Crippen molar-refractivity contribution in [2.75, 3.05) is 0 Å². The van der Waals surface area contributed by atoms with Gasteiger partial charge < -0.3 is 9.47 Å². The third-order valence-electron chi connectivity index (χ3n) is 8.28. The molecule has 0 aromatic heterocycles. The fraction of sp³-hybridized carbons (Fsp3) is 0.720.